The third-order valence-electron chi connectivity index (χ3n) is 2.60. The molecule has 15 heavy (non-hydrogen) atoms. The Morgan fingerprint density at radius 3 is 2.93 bits per heavy atom. The number of likely N-dealkylation sites (tertiary alicyclic amines) is 1. The van der Waals surface area contributed by atoms with Crippen molar-refractivity contribution in [3.05, 3.63) is 18.7 Å². The number of hydrogen-bond donors (Lipinski definition) is 2. The number of imidazole rings is 1. The minimum atomic E-state index is -0.867. The number of nitrogens with zero attached hydrogens (tertiary/aromatic N) is 3. The molecule has 0 bridgehead atoms. The summed E-state index contributed by atoms with van der Waals surface area (Å²) in [5.74, 6) is -0.867. The topological polar surface area (TPSA) is 78.6 Å². The van der Waals surface area contributed by atoms with Gasteiger partial charge in [0.1, 0.15) is 0 Å². The molecule has 2 N–H and O–H groups in total. The number of carboxylic acid groups (broad SMARTS) is 1. The Labute approximate surface area is 86.8 Å². The maximum absolute atomic E-state index is 10.5. The van der Waals surface area contributed by atoms with E-state index >= 15 is 0 Å². The molecule has 0 unspecified atom stereocenters. The molecular weight excluding hydrogens is 198 g/mol. The lowest BCUT2D eigenvalue weighted by Crippen LogP contribution is -2.28. The standard InChI is InChI=1S/C9H13N3O3/c13-8-4-11(5-9(14)15)3-7(8)12-2-1-10-6-12/h1-2,6-8,13H,3-5H2,(H,14,15)/t7-,8+/m1/s1. The van der Waals surface area contributed by atoms with E-state index in [0.29, 0.717) is 13.1 Å². The van der Waals surface area contributed by atoms with E-state index in [-0.39, 0.29) is 12.6 Å². The molecule has 0 spiro atoms. The summed E-state index contributed by atoms with van der Waals surface area (Å²) in [6.45, 7) is 0.918. The lowest BCUT2D eigenvalue weighted by molar-refractivity contribution is -0.138. The highest BCUT2D eigenvalue weighted by molar-refractivity contribution is 5.69. The van der Waals surface area contributed by atoms with Gasteiger partial charge in [0.25, 0.3) is 0 Å². The van der Waals surface area contributed by atoms with Crippen LogP contribution in [0.4, 0.5) is 0 Å². The molecule has 1 aliphatic rings. The Hall–Kier alpha value is -1.40. The highest BCUT2D eigenvalue weighted by Gasteiger charge is 2.32. The van der Waals surface area contributed by atoms with Crippen molar-refractivity contribution in [1.29, 1.82) is 0 Å². The number of aliphatic hydroxyl groups excluding tert-OH is 1. The number of aromatic nitrogens is 2. The second kappa shape index (κ2) is 4.00. The summed E-state index contributed by atoms with van der Waals surface area (Å²) in [5.41, 5.74) is 0. The van der Waals surface area contributed by atoms with E-state index in [1.807, 2.05) is 4.57 Å². The number of rotatable bonds is 3. The van der Waals surface area contributed by atoms with Crippen molar-refractivity contribution < 1.29 is 15.0 Å². The van der Waals surface area contributed by atoms with Crippen molar-refractivity contribution in [2.75, 3.05) is 19.6 Å². The van der Waals surface area contributed by atoms with E-state index in [1.54, 1.807) is 23.6 Å². The van der Waals surface area contributed by atoms with Gasteiger partial charge < -0.3 is 14.8 Å². The van der Waals surface area contributed by atoms with Crippen LogP contribution in [0, 0.1) is 0 Å². The Kier molecular flexibility index (Phi) is 2.70. The van der Waals surface area contributed by atoms with Crippen molar-refractivity contribution in [2.24, 2.45) is 0 Å². The van der Waals surface area contributed by atoms with Crippen molar-refractivity contribution in [2.45, 2.75) is 12.1 Å². The Balaban J connectivity index is 2.01. The van der Waals surface area contributed by atoms with E-state index in [4.69, 9.17) is 5.11 Å². The van der Waals surface area contributed by atoms with Gasteiger partial charge in [0.05, 0.1) is 25.0 Å². The molecule has 1 saturated heterocycles. The van der Waals surface area contributed by atoms with Gasteiger partial charge in [-0.2, -0.15) is 0 Å². The number of aliphatic carboxylic acids is 1. The molecule has 0 amide bonds. The lowest BCUT2D eigenvalue weighted by Gasteiger charge is -2.14. The lowest BCUT2D eigenvalue weighted by atomic mass is 10.2. The summed E-state index contributed by atoms with van der Waals surface area (Å²) in [6, 6.07) is -0.0909. The van der Waals surface area contributed by atoms with Gasteiger partial charge in [-0.15, -0.1) is 0 Å². The third kappa shape index (κ3) is 2.16. The van der Waals surface area contributed by atoms with Crippen LogP contribution in [0.15, 0.2) is 18.7 Å². The normalized spacial score (nSPS) is 27.0. The fourth-order valence-corrected chi connectivity index (χ4v) is 1.93. The number of β-amino-alcohol motifs (C(OH)–C–C–N with tert-alkyl or cyclic N) is 1. The van der Waals surface area contributed by atoms with Crippen LogP contribution in [0.1, 0.15) is 6.04 Å². The number of carboxylic acids is 1. The van der Waals surface area contributed by atoms with E-state index < -0.39 is 12.1 Å². The molecular formula is C9H13N3O3. The first-order chi connectivity index (χ1) is 7.16. The van der Waals surface area contributed by atoms with Crippen molar-refractivity contribution in [3.63, 3.8) is 0 Å². The Bertz CT molecular complexity index is 338. The second-order valence-corrected chi connectivity index (χ2v) is 3.73. The molecule has 0 aromatic carbocycles. The summed E-state index contributed by atoms with van der Waals surface area (Å²) in [4.78, 5) is 16.1. The molecule has 1 fully saturated rings. The fourth-order valence-electron chi connectivity index (χ4n) is 1.93. The minimum Gasteiger partial charge on any atom is -0.480 e. The van der Waals surface area contributed by atoms with Gasteiger partial charge in [-0.25, -0.2) is 4.98 Å². The molecule has 0 radical (unpaired) electrons. The Morgan fingerprint density at radius 2 is 2.33 bits per heavy atom. The number of aliphatic hydroxyl groups is 1. The summed E-state index contributed by atoms with van der Waals surface area (Å²) in [6.07, 6.45) is 4.53. The van der Waals surface area contributed by atoms with Gasteiger partial charge in [0.15, 0.2) is 0 Å². The average molecular weight is 211 g/mol. The summed E-state index contributed by atoms with van der Waals surface area (Å²) < 4.78 is 1.81. The van der Waals surface area contributed by atoms with Crippen LogP contribution < -0.4 is 0 Å². The highest BCUT2D eigenvalue weighted by atomic mass is 16.4. The summed E-state index contributed by atoms with van der Waals surface area (Å²) in [5, 5.41) is 18.4. The predicted molar refractivity (Wildman–Crippen MR) is 51.3 cm³/mol. The second-order valence-electron chi connectivity index (χ2n) is 3.73. The average Bonchev–Trinajstić information content (AvgIpc) is 2.72. The molecule has 6 heteroatoms. The van der Waals surface area contributed by atoms with Crippen LogP contribution in [0.3, 0.4) is 0 Å². The smallest absolute Gasteiger partial charge is 0.317 e. The van der Waals surface area contributed by atoms with Crippen LogP contribution in [0.2, 0.25) is 0 Å². The molecule has 1 aromatic rings. The molecule has 82 valence electrons. The Morgan fingerprint density at radius 1 is 1.53 bits per heavy atom. The molecule has 1 aromatic heterocycles. The van der Waals surface area contributed by atoms with Crippen LogP contribution in [-0.4, -0.2) is 56.4 Å². The summed E-state index contributed by atoms with van der Waals surface area (Å²) in [7, 11) is 0. The molecule has 1 aliphatic heterocycles. The zero-order valence-electron chi connectivity index (χ0n) is 8.15. The van der Waals surface area contributed by atoms with Crippen LogP contribution in [-0.2, 0) is 4.79 Å². The van der Waals surface area contributed by atoms with Crippen molar-refractivity contribution in [3.8, 4) is 0 Å². The van der Waals surface area contributed by atoms with Gasteiger partial charge in [0, 0.05) is 25.5 Å². The molecule has 0 aliphatic carbocycles. The minimum absolute atomic E-state index is 0.0255. The zero-order chi connectivity index (χ0) is 10.8. The van der Waals surface area contributed by atoms with Gasteiger partial charge >= 0.3 is 5.97 Å². The number of carbonyl (C=O) groups is 1. The zero-order valence-corrected chi connectivity index (χ0v) is 8.15. The monoisotopic (exact) mass is 211 g/mol. The first-order valence-corrected chi connectivity index (χ1v) is 4.76. The first-order valence-electron chi connectivity index (χ1n) is 4.76. The molecule has 2 atom stereocenters. The van der Waals surface area contributed by atoms with Crippen LogP contribution in [0.25, 0.3) is 0 Å². The van der Waals surface area contributed by atoms with E-state index in [9.17, 15) is 9.90 Å². The fraction of sp³-hybridized carbons (Fsp3) is 0.556. The van der Waals surface area contributed by atoms with E-state index in [1.165, 1.54) is 0 Å². The van der Waals surface area contributed by atoms with Crippen molar-refractivity contribution >= 4 is 5.97 Å². The molecule has 2 heterocycles. The van der Waals surface area contributed by atoms with Gasteiger partial charge in [0.2, 0.25) is 0 Å². The quantitative estimate of drug-likeness (QED) is 0.683. The molecule has 0 saturated carbocycles. The van der Waals surface area contributed by atoms with Crippen LogP contribution >= 0.6 is 0 Å². The van der Waals surface area contributed by atoms with Gasteiger partial charge in [-0.1, -0.05) is 0 Å². The van der Waals surface area contributed by atoms with E-state index in [2.05, 4.69) is 4.98 Å². The van der Waals surface area contributed by atoms with Gasteiger partial charge in [-0.05, 0) is 0 Å². The first kappa shape index (κ1) is 10.1. The highest BCUT2D eigenvalue weighted by Crippen LogP contribution is 2.21. The SMILES string of the molecule is O=C(O)CN1C[C@@H](n2ccnc2)[C@@H](O)C1. The van der Waals surface area contributed by atoms with Crippen LogP contribution in [0.5, 0.6) is 0 Å². The molecule has 6 nitrogen and oxygen atoms in total. The maximum Gasteiger partial charge on any atom is 0.317 e. The van der Waals surface area contributed by atoms with Crippen molar-refractivity contribution in [1.82, 2.24) is 14.5 Å². The summed E-state index contributed by atoms with van der Waals surface area (Å²) >= 11 is 0. The third-order valence-corrected chi connectivity index (χ3v) is 2.60. The largest absolute Gasteiger partial charge is 0.480 e. The maximum atomic E-state index is 10.5. The van der Waals surface area contributed by atoms with Gasteiger partial charge in [-0.3, -0.25) is 9.69 Å². The number of hydrogen-bond acceptors (Lipinski definition) is 4. The van der Waals surface area contributed by atoms with E-state index in [0.717, 1.165) is 0 Å². The molecule has 2 rings (SSSR count). The predicted octanol–water partition coefficient (Wildman–Crippen LogP) is -0.815.